The van der Waals surface area contributed by atoms with Gasteiger partial charge in [-0.25, -0.2) is 0 Å². The molecule has 1 aromatic heterocycles. The lowest BCUT2D eigenvalue weighted by atomic mass is 10.1. The first-order valence-electron chi connectivity index (χ1n) is 5.90. The highest BCUT2D eigenvalue weighted by Gasteiger charge is 2.30. The zero-order chi connectivity index (χ0) is 13.3. The first-order chi connectivity index (χ1) is 8.58. The Hall–Kier alpha value is -0.590. The van der Waals surface area contributed by atoms with Crippen molar-refractivity contribution >= 4 is 33.2 Å². The fourth-order valence-electron chi connectivity index (χ4n) is 2.18. The first-order valence-corrected chi connectivity index (χ1v) is 7.51. The highest BCUT2D eigenvalue weighted by Crippen LogP contribution is 2.40. The summed E-state index contributed by atoms with van der Waals surface area (Å²) in [5.41, 5.74) is 5.65. The maximum absolute atomic E-state index is 12.4. The minimum Gasteiger partial charge on any atom is -0.494 e. The van der Waals surface area contributed by atoms with Gasteiger partial charge in [0.2, 0.25) is 0 Å². The van der Waals surface area contributed by atoms with Gasteiger partial charge in [0, 0.05) is 18.0 Å². The van der Waals surface area contributed by atoms with E-state index in [1.165, 1.54) is 11.3 Å². The van der Waals surface area contributed by atoms with E-state index in [9.17, 15) is 4.79 Å². The predicted octanol–water partition coefficient (Wildman–Crippen LogP) is 2.25. The van der Waals surface area contributed by atoms with Crippen LogP contribution in [-0.2, 0) is 0 Å². The van der Waals surface area contributed by atoms with Crippen LogP contribution in [0.15, 0.2) is 4.47 Å². The molecule has 1 atom stereocenters. The van der Waals surface area contributed by atoms with Crippen LogP contribution in [0.4, 0.5) is 0 Å². The summed E-state index contributed by atoms with van der Waals surface area (Å²) in [6.45, 7) is 4.17. The van der Waals surface area contributed by atoms with Gasteiger partial charge in [0.1, 0.15) is 4.88 Å². The standard InChI is InChI=1S/C12H17BrN2O2S/c1-7-9(13)10(17-2)11(18-7)12(16)15-4-3-8(5-14)6-15/h8H,3-6,14H2,1-2H3/t8-/m0/s1. The monoisotopic (exact) mass is 332 g/mol. The van der Waals surface area contributed by atoms with Crippen LogP contribution in [0.1, 0.15) is 21.0 Å². The number of rotatable bonds is 3. The molecule has 0 aliphatic carbocycles. The molecule has 1 amide bonds. The first kappa shape index (κ1) is 13.8. The molecule has 1 aliphatic heterocycles. The van der Waals surface area contributed by atoms with Gasteiger partial charge in [0.15, 0.2) is 5.75 Å². The maximum atomic E-state index is 12.4. The molecular formula is C12H17BrN2O2S. The molecule has 1 saturated heterocycles. The third-order valence-corrected chi connectivity index (χ3v) is 5.57. The number of amides is 1. The van der Waals surface area contributed by atoms with Crippen LogP contribution in [-0.4, -0.2) is 37.6 Å². The van der Waals surface area contributed by atoms with Crippen molar-refractivity contribution in [2.75, 3.05) is 26.7 Å². The summed E-state index contributed by atoms with van der Waals surface area (Å²) in [4.78, 5) is 16.1. The lowest BCUT2D eigenvalue weighted by Crippen LogP contribution is -2.29. The lowest BCUT2D eigenvalue weighted by molar-refractivity contribution is 0.0789. The van der Waals surface area contributed by atoms with Gasteiger partial charge in [-0.05, 0) is 41.7 Å². The summed E-state index contributed by atoms with van der Waals surface area (Å²) in [7, 11) is 1.59. The van der Waals surface area contributed by atoms with Crippen molar-refractivity contribution in [2.45, 2.75) is 13.3 Å². The van der Waals surface area contributed by atoms with Crippen LogP contribution >= 0.6 is 27.3 Å². The Labute approximate surface area is 119 Å². The number of ether oxygens (including phenoxy) is 1. The number of methoxy groups -OCH3 is 1. The Balaban J connectivity index is 2.22. The van der Waals surface area contributed by atoms with Crippen molar-refractivity contribution in [3.63, 3.8) is 0 Å². The fraction of sp³-hybridized carbons (Fsp3) is 0.583. The third kappa shape index (κ3) is 2.41. The molecule has 0 bridgehead atoms. The largest absolute Gasteiger partial charge is 0.494 e. The summed E-state index contributed by atoms with van der Waals surface area (Å²) in [5, 5.41) is 0. The van der Waals surface area contributed by atoms with Crippen molar-refractivity contribution in [2.24, 2.45) is 11.7 Å². The lowest BCUT2D eigenvalue weighted by Gasteiger charge is -2.16. The van der Waals surface area contributed by atoms with Crippen molar-refractivity contribution in [3.05, 3.63) is 14.2 Å². The molecule has 1 aromatic rings. The highest BCUT2D eigenvalue weighted by molar-refractivity contribution is 9.10. The third-order valence-electron chi connectivity index (χ3n) is 3.27. The number of hydrogen-bond donors (Lipinski definition) is 1. The Morgan fingerprint density at radius 2 is 2.39 bits per heavy atom. The summed E-state index contributed by atoms with van der Waals surface area (Å²) < 4.78 is 6.20. The van der Waals surface area contributed by atoms with E-state index in [-0.39, 0.29) is 5.91 Å². The molecule has 0 radical (unpaired) electrons. The molecule has 0 unspecified atom stereocenters. The second-order valence-corrected chi connectivity index (χ2v) is 6.49. The van der Waals surface area contributed by atoms with Gasteiger partial charge in [0.25, 0.3) is 5.91 Å². The minimum absolute atomic E-state index is 0.0570. The predicted molar refractivity (Wildman–Crippen MR) is 76.4 cm³/mol. The van der Waals surface area contributed by atoms with E-state index >= 15 is 0 Å². The molecule has 0 aromatic carbocycles. The fourth-order valence-corrected chi connectivity index (χ4v) is 3.90. The number of nitrogens with two attached hydrogens (primary N) is 1. The molecule has 2 N–H and O–H groups in total. The van der Waals surface area contributed by atoms with Crippen LogP contribution in [0.5, 0.6) is 5.75 Å². The Bertz CT molecular complexity index is 461. The van der Waals surface area contributed by atoms with Crippen molar-refractivity contribution in [1.82, 2.24) is 4.90 Å². The molecule has 4 nitrogen and oxygen atoms in total. The molecule has 0 spiro atoms. The van der Waals surface area contributed by atoms with Crippen molar-refractivity contribution in [3.8, 4) is 5.75 Å². The van der Waals surface area contributed by atoms with E-state index in [0.29, 0.717) is 23.1 Å². The van der Waals surface area contributed by atoms with E-state index in [1.807, 2.05) is 11.8 Å². The van der Waals surface area contributed by atoms with Crippen LogP contribution in [0.2, 0.25) is 0 Å². The second-order valence-electron chi connectivity index (χ2n) is 4.48. The van der Waals surface area contributed by atoms with Gasteiger partial charge >= 0.3 is 0 Å². The van der Waals surface area contributed by atoms with E-state index in [4.69, 9.17) is 10.5 Å². The zero-order valence-electron chi connectivity index (χ0n) is 10.5. The number of carbonyl (C=O) groups is 1. The van der Waals surface area contributed by atoms with Crippen molar-refractivity contribution in [1.29, 1.82) is 0 Å². The van der Waals surface area contributed by atoms with Gasteiger partial charge in [-0.1, -0.05) is 0 Å². The van der Waals surface area contributed by atoms with Crippen LogP contribution < -0.4 is 10.5 Å². The molecule has 2 heterocycles. The molecule has 100 valence electrons. The second kappa shape index (κ2) is 5.59. The molecule has 18 heavy (non-hydrogen) atoms. The topological polar surface area (TPSA) is 55.6 Å². The minimum atomic E-state index is 0.0570. The molecule has 1 aliphatic rings. The number of aryl methyl sites for hydroxylation is 1. The molecule has 6 heteroatoms. The van der Waals surface area contributed by atoms with E-state index in [0.717, 1.165) is 28.9 Å². The summed E-state index contributed by atoms with van der Waals surface area (Å²) in [6.07, 6.45) is 0.996. The summed E-state index contributed by atoms with van der Waals surface area (Å²) in [6, 6.07) is 0. The number of likely N-dealkylation sites (tertiary alicyclic amines) is 1. The number of hydrogen-bond acceptors (Lipinski definition) is 4. The average molecular weight is 333 g/mol. The smallest absolute Gasteiger partial charge is 0.267 e. The molecule has 1 fully saturated rings. The summed E-state index contributed by atoms with van der Waals surface area (Å²) >= 11 is 4.93. The van der Waals surface area contributed by atoms with E-state index in [1.54, 1.807) is 7.11 Å². The normalized spacial score (nSPS) is 19.3. The van der Waals surface area contributed by atoms with Gasteiger partial charge in [-0.15, -0.1) is 11.3 Å². The Kier molecular flexibility index (Phi) is 4.29. The number of thiophene rings is 1. The number of halogens is 1. The molecule has 2 rings (SSSR count). The van der Waals surface area contributed by atoms with Crippen LogP contribution in [0.25, 0.3) is 0 Å². The Morgan fingerprint density at radius 3 is 2.94 bits per heavy atom. The van der Waals surface area contributed by atoms with Gasteiger partial charge in [-0.3, -0.25) is 4.79 Å². The Morgan fingerprint density at radius 1 is 1.67 bits per heavy atom. The number of carbonyl (C=O) groups excluding carboxylic acids is 1. The van der Waals surface area contributed by atoms with Gasteiger partial charge in [-0.2, -0.15) is 0 Å². The maximum Gasteiger partial charge on any atom is 0.267 e. The van der Waals surface area contributed by atoms with Crippen LogP contribution in [0.3, 0.4) is 0 Å². The van der Waals surface area contributed by atoms with E-state index in [2.05, 4.69) is 15.9 Å². The highest BCUT2D eigenvalue weighted by atomic mass is 79.9. The van der Waals surface area contributed by atoms with Crippen molar-refractivity contribution < 1.29 is 9.53 Å². The molecule has 0 saturated carbocycles. The average Bonchev–Trinajstić information content (AvgIpc) is 2.95. The number of nitrogens with zero attached hydrogens (tertiary/aromatic N) is 1. The zero-order valence-corrected chi connectivity index (χ0v) is 12.9. The molecular weight excluding hydrogens is 316 g/mol. The van der Waals surface area contributed by atoms with Crippen LogP contribution in [0, 0.1) is 12.8 Å². The summed E-state index contributed by atoms with van der Waals surface area (Å²) in [5.74, 6) is 1.14. The van der Waals surface area contributed by atoms with Gasteiger partial charge < -0.3 is 15.4 Å². The van der Waals surface area contributed by atoms with Gasteiger partial charge in [0.05, 0.1) is 11.6 Å². The quantitative estimate of drug-likeness (QED) is 0.923. The van der Waals surface area contributed by atoms with E-state index < -0.39 is 0 Å². The SMILES string of the molecule is COc1c(C(=O)N2CC[C@@H](CN)C2)sc(C)c1Br.